The van der Waals surface area contributed by atoms with Gasteiger partial charge in [0.1, 0.15) is 0 Å². The highest BCUT2D eigenvalue weighted by Gasteiger charge is 2.31. The minimum absolute atomic E-state index is 0.455. The number of benzene rings is 1. The zero-order valence-corrected chi connectivity index (χ0v) is 10.8. The predicted octanol–water partition coefficient (Wildman–Crippen LogP) is 2.96. The maximum Gasteiger partial charge on any atom is 0.416 e. The van der Waals surface area contributed by atoms with Gasteiger partial charge in [0.25, 0.3) is 0 Å². The summed E-state index contributed by atoms with van der Waals surface area (Å²) in [6.45, 7) is 1.83. The van der Waals surface area contributed by atoms with Gasteiger partial charge in [0, 0.05) is 12.4 Å². The Morgan fingerprint density at radius 2 is 2.00 bits per heavy atom. The molecule has 0 bridgehead atoms. The summed E-state index contributed by atoms with van der Waals surface area (Å²) in [5.41, 5.74) is 3.97. The Balaban J connectivity index is 2.46. The number of rotatable bonds is 3. The van der Waals surface area contributed by atoms with Gasteiger partial charge in [-0.3, -0.25) is 10.8 Å². The van der Waals surface area contributed by atoms with E-state index < -0.39 is 17.8 Å². The maximum atomic E-state index is 12.8. The molecule has 6 heteroatoms. The van der Waals surface area contributed by atoms with Crippen LogP contribution >= 0.6 is 0 Å². The first-order valence-electron chi connectivity index (χ1n) is 5.97. The Kier molecular flexibility index (Phi) is 4.06. The molecule has 2 rings (SSSR count). The largest absolute Gasteiger partial charge is 0.416 e. The summed E-state index contributed by atoms with van der Waals surface area (Å²) < 4.78 is 38.3. The van der Waals surface area contributed by atoms with Crippen LogP contribution in [0.1, 0.15) is 28.3 Å². The number of hydrazine groups is 1. The molecule has 3 nitrogen and oxygen atoms in total. The standard InChI is InChI=1S/C14H14F3N3/c1-9-8-19-6-5-12(9)13(20-18)10-3-2-4-11(7-10)14(15,16)17/h2-8,13,20H,18H2,1H3. The molecule has 0 fully saturated rings. The van der Waals surface area contributed by atoms with Crippen LogP contribution in [0.2, 0.25) is 0 Å². The highest BCUT2D eigenvalue weighted by Crippen LogP contribution is 2.32. The second-order valence-electron chi connectivity index (χ2n) is 4.46. The number of nitrogens with zero attached hydrogens (tertiary/aromatic N) is 1. The lowest BCUT2D eigenvalue weighted by molar-refractivity contribution is -0.137. The number of nitrogens with two attached hydrogens (primary N) is 1. The minimum Gasteiger partial charge on any atom is -0.271 e. The molecular weight excluding hydrogens is 267 g/mol. The number of nitrogens with one attached hydrogen (secondary N) is 1. The molecule has 20 heavy (non-hydrogen) atoms. The van der Waals surface area contributed by atoms with Crippen molar-refractivity contribution in [2.75, 3.05) is 0 Å². The third-order valence-electron chi connectivity index (χ3n) is 3.09. The fourth-order valence-electron chi connectivity index (χ4n) is 2.07. The molecule has 0 aliphatic heterocycles. The van der Waals surface area contributed by atoms with E-state index >= 15 is 0 Å². The summed E-state index contributed by atoms with van der Waals surface area (Å²) in [7, 11) is 0. The quantitative estimate of drug-likeness (QED) is 0.671. The molecule has 0 saturated carbocycles. The monoisotopic (exact) mass is 281 g/mol. The van der Waals surface area contributed by atoms with Gasteiger partial charge in [-0.2, -0.15) is 13.2 Å². The van der Waals surface area contributed by atoms with E-state index in [1.54, 1.807) is 24.5 Å². The van der Waals surface area contributed by atoms with E-state index in [2.05, 4.69) is 10.4 Å². The molecule has 0 amide bonds. The predicted molar refractivity (Wildman–Crippen MR) is 69.6 cm³/mol. The van der Waals surface area contributed by atoms with Crippen molar-refractivity contribution in [1.29, 1.82) is 0 Å². The smallest absolute Gasteiger partial charge is 0.271 e. The SMILES string of the molecule is Cc1cnccc1C(NN)c1cccc(C(F)(F)F)c1. The fraction of sp³-hybridized carbons (Fsp3) is 0.214. The van der Waals surface area contributed by atoms with E-state index in [1.165, 1.54) is 6.07 Å². The molecule has 0 radical (unpaired) electrons. The molecule has 0 spiro atoms. The van der Waals surface area contributed by atoms with Crippen molar-refractivity contribution in [1.82, 2.24) is 10.4 Å². The van der Waals surface area contributed by atoms with Crippen molar-refractivity contribution in [2.45, 2.75) is 19.1 Å². The minimum atomic E-state index is -4.37. The summed E-state index contributed by atoms with van der Waals surface area (Å²) in [5.74, 6) is 5.51. The molecule has 1 atom stereocenters. The maximum absolute atomic E-state index is 12.8. The summed E-state index contributed by atoms with van der Waals surface area (Å²) in [4.78, 5) is 3.96. The fourth-order valence-corrected chi connectivity index (χ4v) is 2.07. The molecule has 3 N–H and O–H groups in total. The highest BCUT2D eigenvalue weighted by atomic mass is 19.4. The molecule has 106 valence electrons. The lowest BCUT2D eigenvalue weighted by Crippen LogP contribution is -2.29. The van der Waals surface area contributed by atoms with E-state index in [4.69, 9.17) is 5.84 Å². The van der Waals surface area contributed by atoms with E-state index in [1.807, 2.05) is 6.92 Å². The van der Waals surface area contributed by atoms with Crippen LogP contribution in [0, 0.1) is 6.92 Å². The van der Waals surface area contributed by atoms with Crippen molar-refractivity contribution >= 4 is 0 Å². The Morgan fingerprint density at radius 1 is 1.25 bits per heavy atom. The topological polar surface area (TPSA) is 50.9 Å². The average molecular weight is 281 g/mol. The molecule has 0 aliphatic rings. The average Bonchev–Trinajstić information content (AvgIpc) is 2.41. The van der Waals surface area contributed by atoms with Crippen LogP contribution < -0.4 is 11.3 Å². The molecule has 1 heterocycles. The zero-order valence-electron chi connectivity index (χ0n) is 10.8. The highest BCUT2D eigenvalue weighted by molar-refractivity contribution is 5.37. The summed E-state index contributed by atoms with van der Waals surface area (Å²) in [5, 5.41) is 0. The van der Waals surface area contributed by atoms with Gasteiger partial charge < -0.3 is 0 Å². The normalized spacial score (nSPS) is 13.2. The van der Waals surface area contributed by atoms with Crippen LogP contribution in [0.3, 0.4) is 0 Å². The van der Waals surface area contributed by atoms with Gasteiger partial charge >= 0.3 is 6.18 Å². The summed E-state index contributed by atoms with van der Waals surface area (Å²) >= 11 is 0. The Bertz CT molecular complexity index is 596. The number of aryl methyl sites for hydroxylation is 1. The summed E-state index contributed by atoms with van der Waals surface area (Å²) in [6.07, 6.45) is -1.14. The van der Waals surface area contributed by atoms with Crippen molar-refractivity contribution in [2.24, 2.45) is 5.84 Å². The van der Waals surface area contributed by atoms with Crippen LogP contribution in [0.25, 0.3) is 0 Å². The van der Waals surface area contributed by atoms with E-state index in [9.17, 15) is 13.2 Å². The van der Waals surface area contributed by atoms with Gasteiger partial charge in [-0.25, -0.2) is 5.43 Å². The second-order valence-corrected chi connectivity index (χ2v) is 4.46. The van der Waals surface area contributed by atoms with Crippen molar-refractivity contribution in [3.8, 4) is 0 Å². The first-order chi connectivity index (χ1) is 9.43. The lowest BCUT2D eigenvalue weighted by Gasteiger charge is -2.20. The van der Waals surface area contributed by atoms with Gasteiger partial charge in [-0.15, -0.1) is 0 Å². The number of halogens is 3. The Hall–Kier alpha value is -1.92. The summed E-state index contributed by atoms with van der Waals surface area (Å²) in [6, 6.07) is 6.35. The van der Waals surface area contributed by atoms with Gasteiger partial charge in [0.05, 0.1) is 11.6 Å². The van der Waals surface area contributed by atoms with Crippen molar-refractivity contribution in [3.05, 3.63) is 65.0 Å². The number of hydrogen-bond donors (Lipinski definition) is 2. The third kappa shape index (κ3) is 2.97. The first kappa shape index (κ1) is 14.5. The molecule has 1 unspecified atom stereocenters. The molecule has 0 saturated heterocycles. The molecule has 1 aromatic heterocycles. The van der Waals surface area contributed by atoms with Gasteiger partial charge in [0.15, 0.2) is 0 Å². The van der Waals surface area contributed by atoms with Crippen molar-refractivity contribution < 1.29 is 13.2 Å². The number of alkyl halides is 3. The molecular formula is C14H14F3N3. The number of aromatic nitrogens is 1. The van der Waals surface area contributed by atoms with Crippen LogP contribution in [-0.4, -0.2) is 4.98 Å². The van der Waals surface area contributed by atoms with E-state index in [0.717, 1.165) is 23.3 Å². The van der Waals surface area contributed by atoms with Crippen LogP contribution in [0.15, 0.2) is 42.7 Å². The first-order valence-corrected chi connectivity index (χ1v) is 5.97. The Labute approximate surface area is 114 Å². The zero-order chi connectivity index (χ0) is 14.8. The molecule has 2 aromatic rings. The van der Waals surface area contributed by atoms with Crippen LogP contribution in [0.5, 0.6) is 0 Å². The van der Waals surface area contributed by atoms with Crippen LogP contribution in [-0.2, 0) is 6.18 Å². The van der Waals surface area contributed by atoms with E-state index in [0.29, 0.717) is 5.56 Å². The van der Waals surface area contributed by atoms with E-state index in [-0.39, 0.29) is 0 Å². The van der Waals surface area contributed by atoms with Gasteiger partial charge in [0.2, 0.25) is 0 Å². The molecule has 1 aromatic carbocycles. The van der Waals surface area contributed by atoms with Crippen LogP contribution in [0.4, 0.5) is 13.2 Å². The van der Waals surface area contributed by atoms with Gasteiger partial charge in [-0.05, 0) is 41.8 Å². The van der Waals surface area contributed by atoms with Gasteiger partial charge in [-0.1, -0.05) is 12.1 Å². The lowest BCUT2D eigenvalue weighted by atomic mass is 9.95. The van der Waals surface area contributed by atoms with Crippen molar-refractivity contribution in [3.63, 3.8) is 0 Å². The molecule has 0 aliphatic carbocycles. The third-order valence-corrected chi connectivity index (χ3v) is 3.09. The Morgan fingerprint density at radius 3 is 2.60 bits per heavy atom. The number of pyridine rings is 1. The second kappa shape index (κ2) is 5.60. The number of hydrogen-bond acceptors (Lipinski definition) is 3.